The molecule has 1 heterocycles. The number of ether oxygens (including phenoxy) is 1. The predicted octanol–water partition coefficient (Wildman–Crippen LogP) is 3.31. The fourth-order valence-corrected chi connectivity index (χ4v) is 3.16. The van der Waals surface area contributed by atoms with Crippen molar-refractivity contribution in [2.24, 2.45) is 0 Å². The zero-order valence-electron chi connectivity index (χ0n) is 15.6. The summed E-state index contributed by atoms with van der Waals surface area (Å²) in [7, 11) is 1.58. The number of carbonyl (C=O) groups excluding carboxylic acids is 2. The summed E-state index contributed by atoms with van der Waals surface area (Å²) >= 11 is 1.15. The van der Waals surface area contributed by atoms with E-state index in [1.165, 1.54) is 6.20 Å². The number of hydrogen-bond donors (Lipinski definition) is 2. The first kappa shape index (κ1) is 20.2. The third kappa shape index (κ3) is 5.73. The van der Waals surface area contributed by atoms with E-state index in [1.807, 2.05) is 0 Å². The first-order chi connectivity index (χ1) is 14.0. The second kappa shape index (κ2) is 9.61. The monoisotopic (exact) mass is 409 g/mol. The van der Waals surface area contributed by atoms with Gasteiger partial charge in [-0.15, -0.1) is 0 Å². The fraction of sp³-hybridized carbons (Fsp3) is 0.0952. The Balaban J connectivity index is 1.53. The molecule has 8 heteroatoms. The Morgan fingerprint density at radius 2 is 1.62 bits per heavy atom. The minimum absolute atomic E-state index is 0.103. The Morgan fingerprint density at radius 1 is 0.966 bits per heavy atom. The van der Waals surface area contributed by atoms with Crippen LogP contribution in [0.15, 0.2) is 78.0 Å². The number of rotatable bonds is 7. The van der Waals surface area contributed by atoms with Gasteiger partial charge >= 0.3 is 0 Å². The maximum Gasteiger partial charge on any atom is 0.255 e. The van der Waals surface area contributed by atoms with Gasteiger partial charge in [0.1, 0.15) is 5.75 Å². The molecule has 0 bridgehead atoms. The molecule has 3 aromatic rings. The highest BCUT2D eigenvalue weighted by Crippen LogP contribution is 2.17. The van der Waals surface area contributed by atoms with Crippen LogP contribution in [0.25, 0.3) is 0 Å². The highest BCUT2D eigenvalue weighted by Gasteiger charge is 2.10. The number of aromatic nitrogens is 1. The number of amides is 2. The highest BCUT2D eigenvalue weighted by atomic mass is 32.2. The topological polar surface area (TPSA) is 94.4 Å². The summed E-state index contributed by atoms with van der Waals surface area (Å²) < 4.78 is 5.80. The van der Waals surface area contributed by atoms with Gasteiger partial charge < -0.3 is 20.6 Å². The number of hydrogen-bond acceptors (Lipinski definition) is 5. The zero-order chi connectivity index (χ0) is 20.6. The van der Waals surface area contributed by atoms with Gasteiger partial charge in [-0.05, 0) is 66.4 Å². The number of benzene rings is 2. The predicted molar refractivity (Wildman–Crippen MR) is 112 cm³/mol. The Bertz CT molecular complexity index is 992. The first-order valence-corrected chi connectivity index (χ1v) is 9.70. The van der Waals surface area contributed by atoms with Crippen molar-refractivity contribution in [3.05, 3.63) is 83.7 Å². The molecule has 0 aliphatic rings. The van der Waals surface area contributed by atoms with Crippen LogP contribution in [0.2, 0.25) is 0 Å². The molecule has 0 radical (unpaired) electrons. The van der Waals surface area contributed by atoms with Crippen molar-refractivity contribution in [2.75, 3.05) is 23.5 Å². The van der Waals surface area contributed by atoms with Crippen molar-refractivity contribution in [3.8, 4) is 5.75 Å². The van der Waals surface area contributed by atoms with Crippen molar-refractivity contribution in [1.29, 1.82) is 0 Å². The van der Waals surface area contributed by atoms with Crippen LogP contribution in [0, 0.1) is 5.21 Å². The summed E-state index contributed by atoms with van der Waals surface area (Å²) in [6, 6.07) is 18.6. The van der Waals surface area contributed by atoms with Crippen LogP contribution < -0.4 is 20.1 Å². The Kier molecular flexibility index (Phi) is 6.70. The molecule has 0 saturated carbocycles. The van der Waals surface area contributed by atoms with Gasteiger partial charge in [0.05, 0.1) is 12.9 Å². The molecule has 0 atom stereocenters. The van der Waals surface area contributed by atoms with Gasteiger partial charge in [0.25, 0.3) is 10.9 Å². The van der Waals surface area contributed by atoms with Crippen LogP contribution in [0.4, 0.5) is 11.4 Å². The highest BCUT2D eigenvalue weighted by molar-refractivity contribution is 7.99. The molecule has 0 spiro atoms. The van der Waals surface area contributed by atoms with Crippen molar-refractivity contribution in [3.63, 3.8) is 0 Å². The maximum atomic E-state index is 12.3. The van der Waals surface area contributed by atoms with Gasteiger partial charge in [-0.2, -0.15) is 4.73 Å². The van der Waals surface area contributed by atoms with Crippen LogP contribution in [0.3, 0.4) is 0 Å². The first-order valence-electron chi connectivity index (χ1n) is 8.71. The lowest BCUT2D eigenvalue weighted by Crippen LogP contribution is -2.28. The number of pyridine rings is 1. The van der Waals surface area contributed by atoms with Gasteiger partial charge in [0, 0.05) is 29.1 Å². The quantitative estimate of drug-likeness (QED) is 0.355. The molecule has 0 aliphatic carbocycles. The second-order valence-corrected chi connectivity index (χ2v) is 6.96. The van der Waals surface area contributed by atoms with Gasteiger partial charge in [0.2, 0.25) is 5.91 Å². The molecule has 2 amide bonds. The fourth-order valence-electron chi connectivity index (χ4n) is 2.44. The third-order valence-corrected chi connectivity index (χ3v) is 4.94. The molecule has 0 unspecified atom stereocenters. The molecule has 1 aromatic heterocycles. The molecule has 148 valence electrons. The lowest BCUT2D eigenvalue weighted by Gasteiger charge is -2.08. The Morgan fingerprint density at radius 3 is 2.28 bits per heavy atom. The molecule has 0 saturated heterocycles. The van der Waals surface area contributed by atoms with Crippen LogP contribution in [0.5, 0.6) is 5.75 Å². The summed E-state index contributed by atoms with van der Waals surface area (Å²) in [4.78, 5) is 24.4. The normalized spacial score (nSPS) is 10.2. The SMILES string of the molecule is COc1ccc(NC(=O)c2ccc(NC(=O)CSc3cccc[n+]3[O-])cc2)cc1. The van der Waals surface area contributed by atoms with E-state index >= 15 is 0 Å². The number of thioether (sulfide) groups is 1. The van der Waals surface area contributed by atoms with E-state index in [4.69, 9.17) is 4.74 Å². The van der Waals surface area contributed by atoms with Crippen LogP contribution in [-0.4, -0.2) is 24.7 Å². The molecule has 7 nitrogen and oxygen atoms in total. The lowest BCUT2D eigenvalue weighted by atomic mass is 10.2. The van der Waals surface area contributed by atoms with E-state index in [9.17, 15) is 14.8 Å². The molecular formula is C21H19N3O4S. The molecule has 0 fully saturated rings. The summed E-state index contributed by atoms with van der Waals surface area (Å²) in [6.07, 6.45) is 1.38. The number of nitrogens with one attached hydrogen (secondary N) is 2. The summed E-state index contributed by atoms with van der Waals surface area (Å²) in [5.41, 5.74) is 1.69. The molecule has 2 aromatic carbocycles. The van der Waals surface area contributed by atoms with Crippen LogP contribution in [-0.2, 0) is 4.79 Å². The van der Waals surface area contributed by atoms with E-state index in [-0.39, 0.29) is 17.6 Å². The van der Waals surface area contributed by atoms with Crippen molar-refractivity contribution in [2.45, 2.75) is 5.03 Å². The smallest absolute Gasteiger partial charge is 0.255 e. The summed E-state index contributed by atoms with van der Waals surface area (Å²) in [6.45, 7) is 0. The average Bonchev–Trinajstić information content (AvgIpc) is 2.74. The second-order valence-electron chi connectivity index (χ2n) is 5.96. The zero-order valence-corrected chi connectivity index (χ0v) is 16.4. The van der Waals surface area contributed by atoms with Gasteiger partial charge in [0.15, 0.2) is 6.20 Å². The number of anilines is 2. The molecule has 29 heavy (non-hydrogen) atoms. The standard InChI is InChI=1S/C21H19N3O4S/c1-28-18-11-9-17(10-12-18)23-21(26)15-5-7-16(8-6-15)22-19(25)14-29-20-4-2-3-13-24(20)27/h2-13H,14H2,1H3,(H,22,25)(H,23,26). The minimum atomic E-state index is -0.257. The Hall–Kier alpha value is -3.52. The summed E-state index contributed by atoms with van der Waals surface area (Å²) in [5.74, 6) is 0.312. The average molecular weight is 409 g/mol. The number of methoxy groups -OCH3 is 1. The lowest BCUT2D eigenvalue weighted by molar-refractivity contribution is -0.645. The van der Waals surface area contributed by atoms with Crippen molar-refractivity contribution in [1.82, 2.24) is 0 Å². The largest absolute Gasteiger partial charge is 0.618 e. The molecule has 3 rings (SSSR count). The van der Waals surface area contributed by atoms with Crippen molar-refractivity contribution >= 4 is 35.0 Å². The third-order valence-electron chi connectivity index (χ3n) is 3.92. The van der Waals surface area contributed by atoms with E-state index in [1.54, 1.807) is 73.8 Å². The minimum Gasteiger partial charge on any atom is -0.618 e. The van der Waals surface area contributed by atoms with Crippen LogP contribution in [0.1, 0.15) is 10.4 Å². The number of carbonyl (C=O) groups is 2. The van der Waals surface area contributed by atoms with Gasteiger partial charge in [-0.3, -0.25) is 9.59 Å². The molecule has 2 N–H and O–H groups in total. The maximum absolute atomic E-state index is 12.3. The van der Waals surface area contributed by atoms with Crippen LogP contribution >= 0.6 is 11.8 Å². The van der Waals surface area contributed by atoms with Gasteiger partial charge in [-0.25, -0.2) is 0 Å². The van der Waals surface area contributed by atoms with Crippen molar-refractivity contribution < 1.29 is 19.1 Å². The van der Waals surface area contributed by atoms with E-state index in [0.29, 0.717) is 32.4 Å². The number of nitrogens with zero attached hydrogens (tertiary/aromatic N) is 1. The van der Waals surface area contributed by atoms with E-state index in [2.05, 4.69) is 10.6 Å². The summed E-state index contributed by atoms with van der Waals surface area (Å²) in [5, 5.41) is 17.6. The molecular weight excluding hydrogens is 390 g/mol. The Labute approximate surface area is 172 Å². The van der Waals surface area contributed by atoms with E-state index < -0.39 is 0 Å². The van der Waals surface area contributed by atoms with Gasteiger partial charge in [-0.1, -0.05) is 0 Å². The molecule has 0 aliphatic heterocycles. The van der Waals surface area contributed by atoms with E-state index in [0.717, 1.165) is 11.8 Å².